The Balaban J connectivity index is 2.57. The number of rotatable bonds is 4. The van der Waals surface area contributed by atoms with Crippen LogP contribution < -0.4 is 5.73 Å². The van der Waals surface area contributed by atoms with Gasteiger partial charge >= 0.3 is 0 Å². The van der Waals surface area contributed by atoms with Crippen LogP contribution in [0.1, 0.15) is 19.5 Å². The number of nitrogens with zero attached hydrogens (tertiary/aromatic N) is 2. The normalized spacial score (nSPS) is 13.2. The van der Waals surface area contributed by atoms with E-state index in [9.17, 15) is 0 Å². The summed E-state index contributed by atoms with van der Waals surface area (Å²) in [5, 5.41) is 5.91. The summed E-state index contributed by atoms with van der Waals surface area (Å²) in [7, 11) is 0. The number of aromatic nitrogens is 2. The molecule has 1 heterocycles. The van der Waals surface area contributed by atoms with Crippen LogP contribution in [0.15, 0.2) is 23.1 Å². The average molecular weight is 249 g/mol. The van der Waals surface area contributed by atoms with Gasteiger partial charge < -0.3 is 5.73 Å². The molecule has 17 heavy (non-hydrogen) atoms. The molecule has 0 radical (unpaired) electrons. The highest BCUT2D eigenvalue weighted by Crippen LogP contribution is 2.25. The summed E-state index contributed by atoms with van der Waals surface area (Å²) in [6, 6.07) is 6.66. The number of aryl methyl sites for hydroxylation is 1. The third-order valence-electron chi connectivity index (χ3n) is 2.83. The largest absolute Gasteiger partial charge is 0.326 e. The second-order valence-corrected chi connectivity index (χ2v) is 5.22. The second kappa shape index (κ2) is 5.10. The first-order chi connectivity index (χ1) is 8.15. The molecule has 0 fully saturated rings. The van der Waals surface area contributed by atoms with Gasteiger partial charge in [0.25, 0.3) is 0 Å². The lowest BCUT2D eigenvalue weighted by Gasteiger charge is -2.07. The van der Waals surface area contributed by atoms with Crippen LogP contribution >= 0.6 is 11.8 Å². The Morgan fingerprint density at radius 1 is 1.47 bits per heavy atom. The zero-order valence-electron chi connectivity index (χ0n) is 10.6. The van der Waals surface area contributed by atoms with Gasteiger partial charge in [0.15, 0.2) is 0 Å². The summed E-state index contributed by atoms with van der Waals surface area (Å²) in [6.45, 7) is 4.92. The van der Waals surface area contributed by atoms with Crippen LogP contribution in [0.2, 0.25) is 0 Å². The van der Waals surface area contributed by atoms with Crippen LogP contribution in [0.4, 0.5) is 0 Å². The molecular formula is C13H19N3S. The van der Waals surface area contributed by atoms with Gasteiger partial charge in [-0.05, 0) is 37.8 Å². The third-order valence-corrected chi connectivity index (χ3v) is 3.56. The van der Waals surface area contributed by atoms with E-state index in [1.165, 1.54) is 15.8 Å². The maximum Gasteiger partial charge on any atom is 0.0700 e. The molecule has 4 heteroatoms. The van der Waals surface area contributed by atoms with E-state index in [0.29, 0.717) is 0 Å². The first-order valence-corrected chi connectivity index (χ1v) is 7.17. The number of benzene rings is 1. The molecule has 0 aliphatic rings. The summed E-state index contributed by atoms with van der Waals surface area (Å²) >= 11 is 1.76. The summed E-state index contributed by atoms with van der Waals surface area (Å²) in [5.74, 6) is 0. The zero-order valence-corrected chi connectivity index (χ0v) is 11.4. The lowest BCUT2D eigenvalue weighted by atomic mass is 10.2. The van der Waals surface area contributed by atoms with Crippen LogP contribution in [0.25, 0.3) is 10.9 Å². The second-order valence-electron chi connectivity index (χ2n) is 4.34. The van der Waals surface area contributed by atoms with Crippen molar-refractivity contribution in [3.63, 3.8) is 0 Å². The van der Waals surface area contributed by atoms with E-state index < -0.39 is 0 Å². The predicted molar refractivity (Wildman–Crippen MR) is 74.5 cm³/mol. The van der Waals surface area contributed by atoms with E-state index in [1.54, 1.807) is 11.8 Å². The summed E-state index contributed by atoms with van der Waals surface area (Å²) < 4.78 is 2.04. The van der Waals surface area contributed by atoms with E-state index in [1.807, 2.05) is 11.6 Å². The van der Waals surface area contributed by atoms with Crippen molar-refractivity contribution in [2.75, 3.05) is 6.26 Å². The van der Waals surface area contributed by atoms with E-state index >= 15 is 0 Å². The molecule has 1 aromatic carbocycles. The first-order valence-electron chi connectivity index (χ1n) is 5.94. The fourth-order valence-corrected chi connectivity index (χ4v) is 2.46. The quantitative estimate of drug-likeness (QED) is 0.847. The topological polar surface area (TPSA) is 43.8 Å². The van der Waals surface area contributed by atoms with Crippen molar-refractivity contribution in [1.29, 1.82) is 0 Å². The standard InChI is InChI=1S/C13H19N3S/c1-4-12-11-6-5-10(17-3)7-13(11)16(15-12)8-9(2)14/h5-7,9H,4,8,14H2,1-3H3/t9-/m0/s1. The highest BCUT2D eigenvalue weighted by atomic mass is 32.2. The Labute approximate surface area is 106 Å². The number of thioether (sulfide) groups is 1. The van der Waals surface area contributed by atoms with Gasteiger partial charge in [-0.3, -0.25) is 4.68 Å². The monoisotopic (exact) mass is 249 g/mol. The summed E-state index contributed by atoms with van der Waals surface area (Å²) in [6.07, 6.45) is 3.05. The van der Waals surface area contributed by atoms with Gasteiger partial charge in [0.1, 0.15) is 0 Å². The molecule has 2 rings (SSSR count). The van der Waals surface area contributed by atoms with Gasteiger partial charge in [0, 0.05) is 16.3 Å². The predicted octanol–water partition coefficient (Wildman–Crippen LogP) is 2.67. The minimum absolute atomic E-state index is 0.126. The minimum atomic E-state index is 0.126. The Morgan fingerprint density at radius 3 is 2.82 bits per heavy atom. The lowest BCUT2D eigenvalue weighted by molar-refractivity contribution is 0.548. The fourth-order valence-electron chi connectivity index (χ4n) is 2.02. The van der Waals surface area contributed by atoms with Gasteiger partial charge in [-0.15, -0.1) is 11.8 Å². The molecule has 1 atom stereocenters. The SMILES string of the molecule is CCc1nn(C[C@H](C)N)c2cc(SC)ccc12. The molecule has 0 spiro atoms. The summed E-state index contributed by atoms with van der Waals surface area (Å²) in [4.78, 5) is 1.27. The maximum absolute atomic E-state index is 5.87. The Kier molecular flexibility index (Phi) is 3.74. The van der Waals surface area contributed by atoms with Gasteiger partial charge in [0.05, 0.1) is 17.8 Å². The van der Waals surface area contributed by atoms with Gasteiger partial charge in [0.2, 0.25) is 0 Å². The van der Waals surface area contributed by atoms with Crippen molar-refractivity contribution >= 4 is 22.7 Å². The smallest absolute Gasteiger partial charge is 0.0700 e. The Morgan fingerprint density at radius 2 is 2.24 bits per heavy atom. The summed E-state index contributed by atoms with van der Waals surface area (Å²) in [5.41, 5.74) is 8.23. The van der Waals surface area contributed by atoms with Crippen molar-refractivity contribution in [2.24, 2.45) is 5.73 Å². The van der Waals surface area contributed by atoms with Gasteiger partial charge in [-0.1, -0.05) is 6.92 Å². The first kappa shape index (κ1) is 12.5. The molecule has 1 aromatic heterocycles. The molecule has 2 aromatic rings. The third kappa shape index (κ3) is 2.48. The van der Waals surface area contributed by atoms with Crippen LogP contribution in [0.5, 0.6) is 0 Å². The molecule has 2 N–H and O–H groups in total. The van der Waals surface area contributed by atoms with Crippen LogP contribution in [0.3, 0.4) is 0 Å². The molecule has 0 saturated carbocycles. The van der Waals surface area contributed by atoms with Crippen molar-refractivity contribution in [3.05, 3.63) is 23.9 Å². The van der Waals surface area contributed by atoms with Crippen molar-refractivity contribution in [2.45, 2.75) is 37.8 Å². The van der Waals surface area contributed by atoms with E-state index in [4.69, 9.17) is 5.73 Å². The molecule has 0 unspecified atom stereocenters. The van der Waals surface area contributed by atoms with Crippen LogP contribution in [-0.4, -0.2) is 22.1 Å². The minimum Gasteiger partial charge on any atom is -0.326 e. The van der Waals surface area contributed by atoms with Crippen molar-refractivity contribution in [1.82, 2.24) is 9.78 Å². The molecule has 3 nitrogen and oxygen atoms in total. The van der Waals surface area contributed by atoms with Gasteiger partial charge in [-0.25, -0.2) is 0 Å². The van der Waals surface area contributed by atoms with Crippen LogP contribution in [-0.2, 0) is 13.0 Å². The molecular weight excluding hydrogens is 230 g/mol. The van der Waals surface area contributed by atoms with Gasteiger partial charge in [-0.2, -0.15) is 5.10 Å². The highest BCUT2D eigenvalue weighted by molar-refractivity contribution is 7.98. The molecule has 0 saturated heterocycles. The van der Waals surface area contributed by atoms with E-state index in [-0.39, 0.29) is 6.04 Å². The lowest BCUT2D eigenvalue weighted by Crippen LogP contribution is -2.22. The van der Waals surface area contributed by atoms with Crippen molar-refractivity contribution < 1.29 is 0 Å². The maximum atomic E-state index is 5.87. The van der Waals surface area contributed by atoms with E-state index in [2.05, 4.69) is 36.5 Å². The molecule has 92 valence electrons. The van der Waals surface area contributed by atoms with E-state index in [0.717, 1.165) is 18.7 Å². The zero-order chi connectivity index (χ0) is 12.4. The highest BCUT2D eigenvalue weighted by Gasteiger charge is 2.10. The molecule has 0 aliphatic heterocycles. The molecule has 0 bridgehead atoms. The average Bonchev–Trinajstić information content (AvgIpc) is 2.66. The number of nitrogens with two attached hydrogens (primary N) is 1. The number of hydrogen-bond donors (Lipinski definition) is 1. The molecule has 0 aliphatic carbocycles. The molecule has 0 amide bonds. The van der Waals surface area contributed by atoms with Crippen LogP contribution in [0, 0.1) is 0 Å². The van der Waals surface area contributed by atoms with Crippen molar-refractivity contribution in [3.8, 4) is 0 Å². The Hall–Kier alpha value is -1.00. The Bertz CT molecular complexity index is 517. The number of fused-ring (bicyclic) bond motifs is 1. The number of hydrogen-bond acceptors (Lipinski definition) is 3. The fraction of sp³-hybridized carbons (Fsp3) is 0.462.